The van der Waals surface area contributed by atoms with Crippen molar-refractivity contribution in [3.05, 3.63) is 62.1 Å². The van der Waals surface area contributed by atoms with E-state index in [1.807, 2.05) is 13.8 Å². The summed E-state index contributed by atoms with van der Waals surface area (Å²) >= 11 is 24.1. The van der Waals surface area contributed by atoms with E-state index in [9.17, 15) is 9.59 Å². The van der Waals surface area contributed by atoms with Crippen LogP contribution in [0.3, 0.4) is 0 Å². The van der Waals surface area contributed by atoms with Crippen LogP contribution in [0.5, 0.6) is 5.75 Å². The van der Waals surface area contributed by atoms with E-state index in [4.69, 9.17) is 51.1 Å². The Bertz CT molecular complexity index is 939. The van der Waals surface area contributed by atoms with Gasteiger partial charge < -0.3 is 15.0 Å². The Balaban J connectivity index is 2.20. The summed E-state index contributed by atoms with van der Waals surface area (Å²) in [5, 5.41) is 4.43. The van der Waals surface area contributed by atoms with Crippen molar-refractivity contribution in [2.75, 3.05) is 6.61 Å². The number of nitrogens with one attached hydrogen (secondary N) is 1. The molecule has 31 heavy (non-hydrogen) atoms. The van der Waals surface area contributed by atoms with Crippen molar-refractivity contribution in [1.29, 1.82) is 0 Å². The van der Waals surface area contributed by atoms with Crippen molar-refractivity contribution in [3.8, 4) is 5.75 Å². The Kier molecular flexibility index (Phi) is 9.76. The molecule has 0 spiro atoms. The number of hydrogen-bond acceptors (Lipinski definition) is 3. The lowest BCUT2D eigenvalue weighted by molar-refractivity contribution is -0.142. The molecule has 1 N–H and O–H groups in total. The summed E-state index contributed by atoms with van der Waals surface area (Å²) in [4.78, 5) is 27.2. The topological polar surface area (TPSA) is 58.6 Å². The summed E-state index contributed by atoms with van der Waals surface area (Å²) in [7, 11) is 0. The minimum Gasteiger partial charge on any atom is -0.482 e. The molecule has 0 bridgehead atoms. The average Bonchev–Trinajstić information content (AvgIpc) is 2.72. The van der Waals surface area contributed by atoms with Crippen LogP contribution < -0.4 is 10.1 Å². The number of ether oxygens (including phenoxy) is 1. The highest BCUT2D eigenvalue weighted by Gasteiger charge is 2.27. The Morgan fingerprint density at radius 3 is 2.32 bits per heavy atom. The summed E-state index contributed by atoms with van der Waals surface area (Å²) in [5.41, 5.74) is 0.732. The van der Waals surface area contributed by atoms with Gasteiger partial charge in [-0.2, -0.15) is 0 Å². The summed E-state index contributed by atoms with van der Waals surface area (Å²) < 4.78 is 5.59. The van der Waals surface area contributed by atoms with Crippen LogP contribution in [0.4, 0.5) is 0 Å². The SMILES string of the molecule is CC[C@H](C)NC(=O)[C@H](C)N(Cc1ccc(Cl)c(Cl)c1)C(=O)COc1ccc(Cl)cc1Cl. The maximum atomic E-state index is 13.0. The molecule has 0 fully saturated rings. The molecular formula is C22H24Cl4N2O3. The smallest absolute Gasteiger partial charge is 0.261 e. The van der Waals surface area contributed by atoms with Crippen molar-refractivity contribution in [2.45, 2.75) is 45.8 Å². The van der Waals surface area contributed by atoms with Gasteiger partial charge in [-0.05, 0) is 56.2 Å². The number of carbonyl (C=O) groups is 2. The summed E-state index contributed by atoms with van der Waals surface area (Å²) in [5.74, 6) is -0.318. The fourth-order valence-electron chi connectivity index (χ4n) is 2.70. The van der Waals surface area contributed by atoms with Gasteiger partial charge >= 0.3 is 0 Å². The molecule has 0 saturated carbocycles. The van der Waals surface area contributed by atoms with Crippen LogP contribution in [0.25, 0.3) is 0 Å². The second-order valence-electron chi connectivity index (χ2n) is 7.13. The molecule has 2 rings (SSSR count). The third kappa shape index (κ3) is 7.46. The summed E-state index contributed by atoms with van der Waals surface area (Å²) in [6, 6.07) is 9.05. The zero-order valence-electron chi connectivity index (χ0n) is 17.4. The fourth-order valence-corrected chi connectivity index (χ4v) is 3.48. The third-order valence-electron chi connectivity index (χ3n) is 4.75. The van der Waals surface area contributed by atoms with E-state index in [1.165, 1.54) is 11.0 Å². The molecule has 0 unspecified atom stereocenters. The lowest BCUT2D eigenvalue weighted by Gasteiger charge is -2.29. The van der Waals surface area contributed by atoms with Crippen LogP contribution in [0.1, 0.15) is 32.8 Å². The van der Waals surface area contributed by atoms with Crippen molar-refractivity contribution in [2.24, 2.45) is 0 Å². The molecule has 0 saturated heterocycles. The van der Waals surface area contributed by atoms with Crippen LogP contribution in [-0.4, -0.2) is 35.4 Å². The Morgan fingerprint density at radius 1 is 1.00 bits per heavy atom. The molecule has 0 radical (unpaired) electrons. The highest BCUT2D eigenvalue weighted by Crippen LogP contribution is 2.28. The number of rotatable bonds is 9. The molecular weight excluding hydrogens is 482 g/mol. The van der Waals surface area contributed by atoms with Gasteiger partial charge in [0.2, 0.25) is 5.91 Å². The van der Waals surface area contributed by atoms with Crippen LogP contribution in [-0.2, 0) is 16.1 Å². The zero-order valence-corrected chi connectivity index (χ0v) is 20.4. The predicted molar refractivity (Wildman–Crippen MR) is 126 cm³/mol. The second kappa shape index (κ2) is 11.8. The Hall–Kier alpha value is -1.66. The van der Waals surface area contributed by atoms with Gasteiger partial charge in [0.25, 0.3) is 5.91 Å². The maximum Gasteiger partial charge on any atom is 0.261 e. The first-order chi connectivity index (χ1) is 14.6. The van der Waals surface area contributed by atoms with E-state index in [-0.39, 0.29) is 31.0 Å². The molecule has 2 amide bonds. The molecule has 0 aliphatic heterocycles. The minimum atomic E-state index is -0.736. The van der Waals surface area contributed by atoms with E-state index in [0.29, 0.717) is 25.8 Å². The lowest BCUT2D eigenvalue weighted by atomic mass is 10.1. The van der Waals surface area contributed by atoms with Crippen LogP contribution in [0, 0.1) is 0 Å². The van der Waals surface area contributed by atoms with E-state index < -0.39 is 6.04 Å². The van der Waals surface area contributed by atoms with E-state index in [1.54, 1.807) is 37.3 Å². The number of carbonyl (C=O) groups excluding carboxylic acids is 2. The molecule has 5 nitrogen and oxygen atoms in total. The first-order valence-corrected chi connectivity index (χ1v) is 11.2. The second-order valence-corrected chi connectivity index (χ2v) is 8.79. The molecule has 2 aromatic carbocycles. The first kappa shape index (κ1) is 25.6. The molecule has 0 aliphatic rings. The van der Waals surface area contributed by atoms with E-state index in [2.05, 4.69) is 5.32 Å². The van der Waals surface area contributed by atoms with Crippen LogP contribution >= 0.6 is 46.4 Å². The predicted octanol–water partition coefficient (Wildman–Crippen LogP) is 6.01. The highest BCUT2D eigenvalue weighted by molar-refractivity contribution is 6.42. The van der Waals surface area contributed by atoms with Gasteiger partial charge in [0.1, 0.15) is 11.8 Å². The molecule has 0 aromatic heterocycles. The van der Waals surface area contributed by atoms with Gasteiger partial charge in [-0.25, -0.2) is 0 Å². The van der Waals surface area contributed by atoms with Gasteiger partial charge in [-0.1, -0.05) is 59.4 Å². The van der Waals surface area contributed by atoms with Crippen LogP contribution in [0.15, 0.2) is 36.4 Å². The van der Waals surface area contributed by atoms with Crippen molar-refractivity contribution in [3.63, 3.8) is 0 Å². The number of amides is 2. The number of nitrogens with zero attached hydrogens (tertiary/aromatic N) is 1. The molecule has 0 heterocycles. The number of halogens is 4. The Labute approximate surface area is 202 Å². The first-order valence-electron chi connectivity index (χ1n) is 9.74. The molecule has 2 aromatic rings. The normalized spacial score (nSPS) is 12.7. The third-order valence-corrected chi connectivity index (χ3v) is 6.02. The van der Waals surface area contributed by atoms with Crippen molar-refractivity contribution in [1.82, 2.24) is 10.2 Å². The van der Waals surface area contributed by atoms with Gasteiger partial charge in [0.15, 0.2) is 6.61 Å². The largest absolute Gasteiger partial charge is 0.482 e. The summed E-state index contributed by atoms with van der Waals surface area (Å²) in [6.07, 6.45) is 0.775. The summed E-state index contributed by atoms with van der Waals surface area (Å²) in [6.45, 7) is 5.40. The minimum absolute atomic E-state index is 0.0130. The fraction of sp³-hybridized carbons (Fsp3) is 0.364. The molecule has 0 aliphatic carbocycles. The van der Waals surface area contributed by atoms with Crippen molar-refractivity contribution >= 4 is 58.2 Å². The lowest BCUT2D eigenvalue weighted by Crippen LogP contribution is -2.50. The van der Waals surface area contributed by atoms with Crippen LogP contribution in [0.2, 0.25) is 20.1 Å². The maximum absolute atomic E-state index is 13.0. The van der Waals surface area contributed by atoms with E-state index >= 15 is 0 Å². The average molecular weight is 506 g/mol. The van der Waals surface area contributed by atoms with E-state index in [0.717, 1.165) is 12.0 Å². The quantitative estimate of drug-likeness (QED) is 0.453. The molecule has 168 valence electrons. The van der Waals surface area contributed by atoms with Gasteiger partial charge in [-0.15, -0.1) is 0 Å². The van der Waals surface area contributed by atoms with Gasteiger partial charge in [0, 0.05) is 17.6 Å². The van der Waals surface area contributed by atoms with Crippen molar-refractivity contribution < 1.29 is 14.3 Å². The monoisotopic (exact) mass is 504 g/mol. The Morgan fingerprint density at radius 2 is 1.71 bits per heavy atom. The number of hydrogen-bond donors (Lipinski definition) is 1. The standard InChI is InChI=1S/C22H24Cl4N2O3/c1-4-13(2)27-22(30)14(3)28(11-15-5-7-17(24)18(25)9-15)21(29)12-31-20-8-6-16(23)10-19(20)26/h5-10,13-14H,4,11-12H2,1-3H3,(H,27,30)/t13-,14-/m0/s1. The highest BCUT2D eigenvalue weighted by atomic mass is 35.5. The molecule has 2 atom stereocenters. The van der Waals surface area contributed by atoms with Gasteiger partial charge in [-0.3, -0.25) is 9.59 Å². The number of benzene rings is 2. The molecule has 9 heteroatoms. The zero-order chi connectivity index (χ0) is 23.1. The van der Waals surface area contributed by atoms with Gasteiger partial charge in [0.05, 0.1) is 15.1 Å².